The molecule has 2 nitrogen and oxygen atoms in total. The Kier molecular flexibility index (Phi) is 2.31. The summed E-state index contributed by atoms with van der Waals surface area (Å²) in [6.07, 6.45) is 1.47. The number of hydrogen-bond donors (Lipinski definition) is 2. The van der Waals surface area contributed by atoms with E-state index in [1.807, 2.05) is 51.2 Å². The second-order valence-corrected chi connectivity index (χ2v) is 5.06. The lowest BCUT2D eigenvalue weighted by atomic mass is 9.85. The van der Waals surface area contributed by atoms with Crippen molar-refractivity contribution >= 4 is 10.9 Å². The summed E-state index contributed by atoms with van der Waals surface area (Å²) in [5, 5.41) is 11.3. The largest absolute Gasteiger partial charge is 0.388 e. The third kappa shape index (κ3) is 1.77. The van der Waals surface area contributed by atoms with E-state index in [1.54, 1.807) is 0 Å². The van der Waals surface area contributed by atoms with E-state index < -0.39 is 6.10 Å². The predicted octanol–water partition coefficient (Wildman–Crippen LogP) is 3.25. The van der Waals surface area contributed by atoms with Crippen LogP contribution >= 0.6 is 0 Å². The second-order valence-electron chi connectivity index (χ2n) is 5.06. The Morgan fingerprint density at radius 2 is 1.87 bits per heavy atom. The number of para-hydroxylation sites is 1. The van der Waals surface area contributed by atoms with Gasteiger partial charge in [-0.15, -0.1) is 0 Å². The maximum absolute atomic E-state index is 10.2. The summed E-state index contributed by atoms with van der Waals surface area (Å²) in [6, 6.07) is 8.05. The van der Waals surface area contributed by atoms with Gasteiger partial charge in [-0.1, -0.05) is 39.0 Å². The first-order valence-electron chi connectivity index (χ1n) is 5.24. The van der Waals surface area contributed by atoms with Gasteiger partial charge in [0.1, 0.15) is 0 Å². The highest BCUT2D eigenvalue weighted by Crippen LogP contribution is 2.35. The number of rotatable bonds is 1. The van der Waals surface area contributed by atoms with Crippen LogP contribution in [-0.2, 0) is 0 Å². The average Bonchev–Trinajstić information content (AvgIpc) is 2.58. The summed E-state index contributed by atoms with van der Waals surface area (Å²) in [6.45, 7) is 6.12. The fourth-order valence-corrected chi connectivity index (χ4v) is 1.79. The molecular formula is C13H17NO. The molecule has 0 spiro atoms. The summed E-state index contributed by atoms with van der Waals surface area (Å²) in [7, 11) is 0. The Morgan fingerprint density at radius 3 is 2.53 bits per heavy atom. The van der Waals surface area contributed by atoms with Gasteiger partial charge in [-0.05, 0) is 11.5 Å². The number of benzene rings is 1. The molecule has 0 radical (unpaired) electrons. The lowest BCUT2D eigenvalue weighted by Crippen LogP contribution is -2.17. The van der Waals surface area contributed by atoms with Crippen LogP contribution in [0.1, 0.15) is 32.4 Å². The highest BCUT2D eigenvalue weighted by Gasteiger charge is 2.25. The molecule has 0 saturated heterocycles. The van der Waals surface area contributed by atoms with Crippen LogP contribution in [0.2, 0.25) is 0 Å². The van der Waals surface area contributed by atoms with Gasteiger partial charge in [0.05, 0.1) is 6.10 Å². The topological polar surface area (TPSA) is 36.0 Å². The Labute approximate surface area is 89.9 Å². The first-order valence-corrected chi connectivity index (χ1v) is 5.24. The summed E-state index contributed by atoms with van der Waals surface area (Å²) in [5.74, 6) is 0. The van der Waals surface area contributed by atoms with E-state index in [9.17, 15) is 5.11 Å². The predicted molar refractivity (Wildman–Crippen MR) is 62.7 cm³/mol. The van der Waals surface area contributed by atoms with E-state index in [0.717, 1.165) is 16.5 Å². The number of aliphatic hydroxyl groups is 1. The molecule has 80 valence electrons. The first kappa shape index (κ1) is 10.2. The van der Waals surface area contributed by atoms with E-state index in [4.69, 9.17) is 0 Å². The van der Waals surface area contributed by atoms with Crippen LogP contribution < -0.4 is 0 Å². The van der Waals surface area contributed by atoms with Gasteiger partial charge >= 0.3 is 0 Å². The molecule has 0 unspecified atom stereocenters. The van der Waals surface area contributed by atoms with Crippen LogP contribution in [0.3, 0.4) is 0 Å². The number of aliphatic hydroxyl groups excluding tert-OH is 1. The van der Waals surface area contributed by atoms with Gasteiger partial charge < -0.3 is 10.1 Å². The Balaban J connectivity index is 2.53. The van der Waals surface area contributed by atoms with Gasteiger partial charge in [0, 0.05) is 22.7 Å². The number of nitrogens with one attached hydrogen (secondary N) is 1. The van der Waals surface area contributed by atoms with Gasteiger partial charge in [0.2, 0.25) is 0 Å². The molecule has 2 aromatic rings. The van der Waals surface area contributed by atoms with Crippen LogP contribution in [-0.4, -0.2) is 10.1 Å². The lowest BCUT2D eigenvalue weighted by molar-refractivity contribution is 0.0639. The van der Waals surface area contributed by atoms with Crippen LogP contribution in [0, 0.1) is 5.41 Å². The summed E-state index contributed by atoms with van der Waals surface area (Å²) in [4.78, 5) is 3.18. The fourth-order valence-electron chi connectivity index (χ4n) is 1.79. The smallest absolute Gasteiger partial charge is 0.0858 e. The Hall–Kier alpha value is -1.28. The molecule has 2 heteroatoms. The molecule has 1 atom stereocenters. The molecule has 0 aliphatic rings. The van der Waals surface area contributed by atoms with Gasteiger partial charge in [-0.25, -0.2) is 0 Å². The van der Waals surface area contributed by atoms with Crippen molar-refractivity contribution in [2.45, 2.75) is 26.9 Å². The second kappa shape index (κ2) is 3.38. The van der Waals surface area contributed by atoms with E-state index in [2.05, 4.69) is 4.98 Å². The zero-order valence-corrected chi connectivity index (χ0v) is 9.41. The van der Waals surface area contributed by atoms with Crippen molar-refractivity contribution in [2.24, 2.45) is 5.41 Å². The summed E-state index contributed by atoms with van der Waals surface area (Å²) >= 11 is 0. The maximum Gasteiger partial charge on any atom is 0.0858 e. The van der Waals surface area contributed by atoms with Crippen molar-refractivity contribution in [3.63, 3.8) is 0 Å². The highest BCUT2D eigenvalue weighted by atomic mass is 16.3. The zero-order chi connectivity index (χ0) is 11.1. The minimum Gasteiger partial charge on any atom is -0.388 e. The maximum atomic E-state index is 10.2. The number of hydrogen-bond acceptors (Lipinski definition) is 1. The number of H-pyrrole nitrogens is 1. The number of aromatic amines is 1. The number of fused-ring (bicyclic) bond motifs is 1. The summed E-state index contributed by atoms with van der Waals surface area (Å²) < 4.78 is 0. The third-order valence-corrected chi connectivity index (χ3v) is 2.74. The van der Waals surface area contributed by atoms with Crippen molar-refractivity contribution < 1.29 is 5.11 Å². The molecule has 0 aliphatic carbocycles. The molecule has 2 rings (SSSR count). The molecule has 1 heterocycles. The molecule has 0 amide bonds. The standard InChI is InChI=1S/C13H17NO/c1-13(2,3)12(15)10-8-14-11-7-5-4-6-9(10)11/h4-8,12,14-15H,1-3H3/t12-/m0/s1. The van der Waals surface area contributed by atoms with Gasteiger partial charge in [-0.3, -0.25) is 0 Å². The van der Waals surface area contributed by atoms with Crippen molar-refractivity contribution in [3.05, 3.63) is 36.0 Å². The Bertz CT molecular complexity index is 465. The quantitative estimate of drug-likeness (QED) is 0.733. The van der Waals surface area contributed by atoms with Crippen molar-refractivity contribution in [3.8, 4) is 0 Å². The molecular weight excluding hydrogens is 186 g/mol. The lowest BCUT2D eigenvalue weighted by Gasteiger charge is -2.25. The van der Waals surface area contributed by atoms with E-state index in [1.165, 1.54) is 0 Å². The molecule has 0 aliphatic heterocycles. The van der Waals surface area contributed by atoms with Gasteiger partial charge in [0.15, 0.2) is 0 Å². The fraction of sp³-hybridized carbons (Fsp3) is 0.385. The van der Waals surface area contributed by atoms with E-state index >= 15 is 0 Å². The van der Waals surface area contributed by atoms with Gasteiger partial charge in [-0.2, -0.15) is 0 Å². The van der Waals surface area contributed by atoms with Gasteiger partial charge in [0.25, 0.3) is 0 Å². The Morgan fingerprint density at radius 1 is 1.20 bits per heavy atom. The zero-order valence-electron chi connectivity index (χ0n) is 9.41. The molecule has 1 aromatic heterocycles. The van der Waals surface area contributed by atoms with E-state index in [0.29, 0.717) is 0 Å². The average molecular weight is 203 g/mol. The van der Waals surface area contributed by atoms with Crippen LogP contribution in [0.15, 0.2) is 30.5 Å². The van der Waals surface area contributed by atoms with Crippen molar-refractivity contribution in [1.82, 2.24) is 4.98 Å². The first-order chi connectivity index (χ1) is 7.00. The highest BCUT2D eigenvalue weighted by molar-refractivity contribution is 5.83. The molecule has 0 saturated carbocycles. The SMILES string of the molecule is CC(C)(C)[C@@H](O)c1c[nH]c2ccccc12. The minimum atomic E-state index is -0.436. The minimum absolute atomic E-state index is 0.134. The molecule has 1 aromatic carbocycles. The molecule has 0 fully saturated rings. The van der Waals surface area contributed by atoms with Crippen LogP contribution in [0.4, 0.5) is 0 Å². The normalized spacial score (nSPS) is 14.4. The molecule has 15 heavy (non-hydrogen) atoms. The summed E-state index contributed by atoms with van der Waals surface area (Å²) in [5.41, 5.74) is 1.93. The van der Waals surface area contributed by atoms with Crippen LogP contribution in [0.25, 0.3) is 10.9 Å². The number of aromatic nitrogens is 1. The molecule has 0 bridgehead atoms. The van der Waals surface area contributed by atoms with Crippen molar-refractivity contribution in [1.29, 1.82) is 0 Å². The third-order valence-electron chi connectivity index (χ3n) is 2.74. The molecule has 2 N–H and O–H groups in total. The van der Waals surface area contributed by atoms with Crippen molar-refractivity contribution in [2.75, 3.05) is 0 Å². The van der Waals surface area contributed by atoms with Crippen LogP contribution in [0.5, 0.6) is 0 Å². The monoisotopic (exact) mass is 203 g/mol. The van der Waals surface area contributed by atoms with E-state index in [-0.39, 0.29) is 5.41 Å².